The van der Waals surface area contributed by atoms with E-state index in [0.717, 1.165) is 5.69 Å². The lowest BCUT2D eigenvalue weighted by Crippen LogP contribution is -1.95. The molecule has 0 saturated carbocycles. The van der Waals surface area contributed by atoms with E-state index in [4.69, 9.17) is 4.63 Å². The minimum atomic E-state index is 0.315. The second kappa shape index (κ2) is 4.41. The molecule has 3 aromatic rings. The van der Waals surface area contributed by atoms with Crippen LogP contribution in [0.15, 0.2) is 47.1 Å². The van der Waals surface area contributed by atoms with Crippen LogP contribution in [0.1, 0.15) is 0 Å². The lowest BCUT2D eigenvalue weighted by atomic mass is 10.2. The molecule has 3 rings (SSSR count). The van der Waals surface area contributed by atoms with Crippen LogP contribution in [0.4, 0.5) is 17.1 Å². The Hall–Kier alpha value is -2.89. The van der Waals surface area contributed by atoms with E-state index in [1.54, 1.807) is 12.1 Å². The number of nitrogens with zero attached hydrogens (tertiary/aromatic N) is 3. The Bertz CT molecular complexity index is 737. The summed E-state index contributed by atoms with van der Waals surface area (Å²) in [4.78, 5) is 0. The van der Waals surface area contributed by atoms with Gasteiger partial charge in [-0.2, -0.15) is 4.74 Å². The van der Waals surface area contributed by atoms with Gasteiger partial charge in [0.25, 0.3) is 0 Å². The van der Waals surface area contributed by atoms with Gasteiger partial charge in [-0.1, -0.05) is 18.2 Å². The molecule has 1 N–H and O–H groups in total. The minimum absolute atomic E-state index is 0.315. The molecule has 1 aromatic heterocycles. The molecule has 0 fully saturated rings. The van der Waals surface area contributed by atoms with E-state index in [1.807, 2.05) is 30.3 Å². The van der Waals surface area contributed by atoms with Crippen molar-refractivity contribution in [2.45, 2.75) is 0 Å². The number of aromatic nitrogens is 2. The zero-order chi connectivity index (χ0) is 13.2. The summed E-state index contributed by atoms with van der Waals surface area (Å²) in [5, 5.41) is 22.0. The maximum absolute atomic E-state index is 11.3. The van der Waals surface area contributed by atoms with E-state index in [9.17, 15) is 5.21 Å². The SMILES string of the molecule is C=[N+]([O-])c1ccc(Nc2ccccc2)c2nonc12. The van der Waals surface area contributed by atoms with Crippen molar-refractivity contribution in [2.75, 3.05) is 5.32 Å². The Morgan fingerprint density at radius 2 is 1.79 bits per heavy atom. The van der Waals surface area contributed by atoms with Gasteiger partial charge in [0, 0.05) is 11.8 Å². The summed E-state index contributed by atoms with van der Waals surface area (Å²) in [6.07, 6.45) is 0. The number of hydrogen-bond acceptors (Lipinski definition) is 5. The largest absolute Gasteiger partial charge is 0.619 e. The van der Waals surface area contributed by atoms with Crippen molar-refractivity contribution in [3.8, 4) is 0 Å². The van der Waals surface area contributed by atoms with E-state index in [2.05, 4.69) is 22.3 Å². The highest BCUT2D eigenvalue weighted by molar-refractivity contribution is 5.94. The quantitative estimate of drug-likeness (QED) is 0.336. The first kappa shape index (κ1) is 11.2. The van der Waals surface area contributed by atoms with Crippen LogP contribution in [-0.2, 0) is 0 Å². The predicted octanol–water partition coefficient (Wildman–Crippen LogP) is 2.81. The van der Waals surface area contributed by atoms with Crippen molar-refractivity contribution in [3.63, 3.8) is 0 Å². The molecule has 94 valence electrons. The van der Waals surface area contributed by atoms with Crippen LogP contribution in [0.25, 0.3) is 11.0 Å². The van der Waals surface area contributed by atoms with Crippen LogP contribution >= 0.6 is 0 Å². The van der Waals surface area contributed by atoms with Crippen molar-refractivity contribution in [3.05, 3.63) is 47.7 Å². The third-order valence-electron chi connectivity index (χ3n) is 2.72. The maximum Gasteiger partial charge on any atom is 0.247 e. The molecule has 0 spiro atoms. The fraction of sp³-hybridized carbons (Fsp3) is 0. The fourth-order valence-corrected chi connectivity index (χ4v) is 1.83. The molecule has 6 heteroatoms. The second-order valence-electron chi connectivity index (χ2n) is 3.96. The van der Waals surface area contributed by atoms with Crippen molar-refractivity contribution in [1.82, 2.24) is 10.3 Å². The van der Waals surface area contributed by atoms with Gasteiger partial charge in [-0.3, -0.25) is 0 Å². The van der Waals surface area contributed by atoms with Gasteiger partial charge in [-0.25, -0.2) is 4.63 Å². The molecular weight excluding hydrogens is 244 g/mol. The van der Waals surface area contributed by atoms with E-state index < -0.39 is 0 Å². The van der Waals surface area contributed by atoms with Crippen molar-refractivity contribution in [1.29, 1.82) is 0 Å². The van der Waals surface area contributed by atoms with Crippen LogP contribution in [0.3, 0.4) is 0 Å². The van der Waals surface area contributed by atoms with Gasteiger partial charge < -0.3 is 10.5 Å². The third-order valence-corrected chi connectivity index (χ3v) is 2.72. The Balaban J connectivity index is 2.08. The van der Waals surface area contributed by atoms with Gasteiger partial charge in [0.15, 0.2) is 5.52 Å². The maximum atomic E-state index is 11.3. The summed E-state index contributed by atoms with van der Waals surface area (Å²) in [6.45, 7) is 3.30. The molecular formula is C13H10N4O2. The van der Waals surface area contributed by atoms with Crippen molar-refractivity contribution in [2.24, 2.45) is 0 Å². The van der Waals surface area contributed by atoms with Gasteiger partial charge in [0.05, 0.1) is 5.69 Å². The molecule has 0 aliphatic carbocycles. The van der Waals surface area contributed by atoms with Crippen LogP contribution < -0.4 is 5.32 Å². The molecule has 0 atom stereocenters. The summed E-state index contributed by atoms with van der Waals surface area (Å²) < 4.78 is 5.19. The van der Waals surface area contributed by atoms with Crippen molar-refractivity contribution >= 4 is 34.8 Å². The predicted molar refractivity (Wildman–Crippen MR) is 71.9 cm³/mol. The van der Waals surface area contributed by atoms with Crippen LogP contribution in [-0.4, -0.2) is 21.8 Å². The third kappa shape index (κ3) is 1.99. The number of fused-ring (bicyclic) bond motifs is 1. The number of anilines is 2. The molecule has 6 nitrogen and oxygen atoms in total. The highest BCUT2D eigenvalue weighted by Gasteiger charge is 2.16. The molecule has 19 heavy (non-hydrogen) atoms. The highest BCUT2D eigenvalue weighted by atomic mass is 16.6. The number of benzene rings is 2. The average molecular weight is 254 g/mol. The van der Waals surface area contributed by atoms with Gasteiger partial charge in [-0.15, -0.1) is 0 Å². The Labute approximate surface area is 108 Å². The molecule has 0 unspecified atom stereocenters. The molecule has 0 saturated heterocycles. The lowest BCUT2D eigenvalue weighted by Gasteiger charge is -2.07. The number of nitrogens with one attached hydrogen (secondary N) is 1. The normalized spacial score (nSPS) is 10.5. The first-order valence-corrected chi connectivity index (χ1v) is 5.61. The lowest BCUT2D eigenvalue weighted by molar-refractivity contribution is -0.348. The fourth-order valence-electron chi connectivity index (χ4n) is 1.83. The zero-order valence-electron chi connectivity index (χ0n) is 9.91. The molecule has 0 amide bonds. The summed E-state index contributed by atoms with van der Waals surface area (Å²) in [7, 11) is 0. The second-order valence-corrected chi connectivity index (χ2v) is 3.96. The van der Waals surface area contributed by atoms with Crippen LogP contribution in [0.5, 0.6) is 0 Å². The molecule has 0 aliphatic heterocycles. The summed E-state index contributed by atoms with van der Waals surface area (Å²) >= 11 is 0. The average Bonchev–Trinajstić information content (AvgIpc) is 2.89. The van der Waals surface area contributed by atoms with E-state index in [0.29, 0.717) is 27.1 Å². The topological polar surface area (TPSA) is 77.0 Å². The Morgan fingerprint density at radius 3 is 2.53 bits per heavy atom. The van der Waals surface area contributed by atoms with Gasteiger partial charge in [-0.05, 0) is 28.5 Å². The van der Waals surface area contributed by atoms with E-state index in [1.165, 1.54) is 0 Å². The number of hydrogen-bond donors (Lipinski definition) is 1. The van der Waals surface area contributed by atoms with Crippen LogP contribution in [0, 0.1) is 5.21 Å². The standard InChI is InChI=1S/C13H10N4O2/c1-17(18)11-8-7-10(12-13(11)16-19-15-12)14-9-5-3-2-4-6-9/h2-8,14H,1H2. The zero-order valence-corrected chi connectivity index (χ0v) is 9.91. The van der Waals surface area contributed by atoms with Gasteiger partial charge in [0.2, 0.25) is 11.2 Å². The molecule has 2 aromatic carbocycles. The van der Waals surface area contributed by atoms with Crippen molar-refractivity contribution < 1.29 is 9.37 Å². The highest BCUT2D eigenvalue weighted by Crippen LogP contribution is 2.30. The summed E-state index contributed by atoms with van der Waals surface area (Å²) in [5.74, 6) is 0. The molecule has 0 bridgehead atoms. The Kier molecular flexibility index (Phi) is 2.60. The van der Waals surface area contributed by atoms with Gasteiger partial charge >= 0.3 is 0 Å². The number of rotatable bonds is 3. The molecule has 1 heterocycles. The molecule has 0 radical (unpaired) electrons. The Morgan fingerprint density at radius 1 is 1.05 bits per heavy atom. The minimum Gasteiger partial charge on any atom is -0.619 e. The smallest absolute Gasteiger partial charge is 0.247 e. The first-order chi connectivity index (χ1) is 9.25. The van der Waals surface area contributed by atoms with Gasteiger partial charge in [0.1, 0.15) is 6.72 Å². The monoisotopic (exact) mass is 254 g/mol. The van der Waals surface area contributed by atoms with Crippen LogP contribution in [0.2, 0.25) is 0 Å². The summed E-state index contributed by atoms with van der Waals surface area (Å²) in [5.41, 5.74) is 2.81. The van der Waals surface area contributed by atoms with E-state index >= 15 is 0 Å². The summed E-state index contributed by atoms with van der Waals surface area (Å²) in [6, 6.07) is 13.0. The molecule has 0 aliphatic rings. The van der Waals surface area contributed by atoms with E-state index in [-0.39, 0.29) is 0 Å². The number of para-hydroxylation sites is 1. The first-order valence-electron chi connectivity index (χ1n) is 5.61.